The van der Waals surface area contributed by atoms with Crippen molar-refractivity contribution in [1.82, 2.24) is 5.32 Å². The number of aliphatic hydroxyl groups is 1. The third-order valence-electron chi connectivity index (χ3n) is 2.71. The van der Waals surface area contributed by atoms with Crippen molar-refractivity contribution in [3.63, 3.8) is 0 Å². The van der Waals surface area contributed by atoms with Gasteiger partial charge in [0.1, 0.15) is 0 Å². The van der Waals surface area contributed by atoms with Crippen LogP contribution in [0.25, 0.3) is 0 Å². The lowest BCUT2D eigenvalue weighted by atomic mass is 10.0. The summed E-state index contributed by atoms with van der Waals surface area (Å²) in [7, 11) is 0. The second-order valence-electron chi connectivity index (χ2n) is 3.95. The third kappa shape index (κ3) is 5.76. The van der Waals surface area contributed by atoms with Gasteiger partial charge in [-0.3, -0.25) is 0 Å². The fraction of sp³-hybridized carbons (Fsp3) is 1.00. The average Bonchev–Trinajstić information content (AvgIpc) is 2.76. The molecular formula is C11H23NO2S. The highest BCUT2D eigenvalue weighted by Gasteiger charge is 2.23. The van der Waals surface area contributed by atoms with Gasteiger partial charge in [-0.15, -0.1) is 0 Å². The Morgan fingerprint density at radius 2 is 2.47 bits per heavy atom. The zero-order valence-electron chi connectivity index (χ0n) is 9.58. The Morgan fingerprint density at radius 3 is 3.13 bits per heavy atom. The quantitative estimate of drug-likeness (QED) is 0.616. The highest BCUT2D eigenvalue weighted by Crippen LogP contribution is 2.15. The molecule has 0 bridgehead atoms. The van der Waals surface area contributed by atoms with E-state index in [0.29, 0.717) is 12.5 Å². The molecule has 1 rings (SSSR count). The number of hydrogen-bond acceptors (Lipinski definition) is 4. The molecule has 1 aliphatic heterocycles. The number of hydrogen-bond donors (Lipinski definition) is 2. The van der Waals surface area contributed by atoms with Gasteiger partial charge in [-0.05, 0) is 30.9 Å². The van der Waals surface area contributed by atoms with Gasteiger partial charge in [-0.25, -0.2) is 0 Å². The molecule has 2 N–H and O–H groups in total. The fourth-order valence-corrected chi connectivity index (χ4v) is 2.35. The van der Waals surface area contributed by atoms with Gasteiger partial charge in [0.05, 0.1) is 12.7 Å². The maximum Gasteiger partial charge on any atom is 0.0715 e. The summed E-state index contributed by atoms with van der Waals surface area (Å²) in [6, 6.07) is 0. The van der Waals surface area contributed by atoms with E-state index in [1.807, 2.05) is 11.8 Å². The van der Waals surface area contributed by atoms with E-state index >= 15 is 0 Å². The Morgan fingerprint density at radius 1 is 1.60 bits per heavy atom. The molecule has 15 heavy (non-hydrogen) atoms. The van der Waals surface area contributed by atoms with Gasteiger partial charge in [0.15, 0.2) is 0 Å². The van der Waals surface area contributed by atoms with Crippen LogP contribution in [-0.2, 0) is 4.74 Å². The van der Waals surface area contributed by atoms with Gasteiger partial charge in [0.25, 0.3) is 0 Å². The zero-order valence-corrected chi connectivity index (χ0v) is 10.4. The van der Waals surface area contributed by atoms with Crippen LogP contribution in [0.2, 0.25) is 0 Å². The number of ether oxygens (including phenoxy) is 1. The molecule has 0 spiro atoms. The van der Waals surface area contributed by atoms with E-state index in [-0.39, 0.29) is 6.10 Å². The molecular weight excluding hydrogens is 210 g/mol. The molecule has 1 heterocycles. The molecule has 0 aromatic carbocycles. The molecule has 0 aromatic heterocycles. The smallest absolute Gasteiger partial charge is 0.0715 e. The van der Waals surface area contributed by atoms with Gasteiger partial charge in [-0.2, -0.15) is 11.8 Å². The second-order valence-corrected chi connectivity index (χ2v) is 5.34. The maximum absolute atomic E-state index is 9.80. The predicted molar refractivity (Wildman–Crippen MR) is 65.4 cm³/mol. The van der Waals surface area contributed by atoms with Crippen LogP contribution in [0, 0.1) is 5.92 Å². The van der Waals surface area contributed by atoms with Crippen LogP contribution in [0.15, 0.2) is 0 Å². The Balaban J connectivity index is 1.90. The summed E-state index contributed by atoms with van der Waals surface area (Å²) >= 11 is 1.97. The molecule has 0 aromatic rings. The van der Waals surface area contributed by atoms with Crippen LogP contribution in [-0.4, -0.2) is 49.0 Å². The topological polar surface area (TPSA) is 41.5 Å². The van der Waals surface area contributed by atoms with Gasteiger partial charge in [-0.1, -0.05) is 6.92 Å². The standard InChI is InChI=1S/C11H23NO2S/c1-2-15-7-3-5-12-8-11(13)10-4-6-14-9-10/h10-13H,2-9H2,1H3. The van der Waals surface area contributed by atoms with E-state index in [1.165, 1.54) is 17.9 Å². The van der Waals surface area contributed by atoms with Crippen molar-refractivity contribution < 1.29 is 9.84 Å². The SMILES string of the molecule is CCSCCCNCC(O)C1CCOC1. The van der Waals surface area contributed by atoms with Crippen LogP contribution in [0.5, 0.6) is 0 Å². The van der Waals surface area contributed by atoms with Crippen LogP contribution < -0.4 is 5.32 Å². The van der Waals surface area contributed by atoms with E-state index in [4.69, 9.17) is 4.74 Å². The van der Waals surface area contributed by atoms with Crippen LogP contribution in [0.4, 0.5) is 0 Å². The average molecular weight is 233 g/mol. The summed E-state index contributed by atoms with van der Waals surface area (Å²) in [5.41, 5.74) is 0. The molecule has 1 fully saturated rings. The van der Waals surface area contributed by atoms with Crippen molar-refractivity contribution in [2.24, 2.45) is 5.92 Å². The Bertz CT molecular complexity index is 152. The summed E-state index contributed by atoms with van der Waals surface area (Å²) in [6.07, 6.45) is 1.97. The number of aliphatic hydroxyl groups excluding tert-OH is 1. The van der Waals surface area contributed by atoms with Crippen molar-refractivity contribution in [1.29, 1.82) is 0 Å². The van der Waals surface area contributed by atoms with Gasteiger partial charge in [0.2, 0.25) is 0 Å². The minimum Gasteiger partial charge on any atom is -0.391 e. The minimum atomic E-state index is -0.230. The maximum atomic E-state index is 9.80. The molecule has 0 radical (unpaired) electrons. The fourth-order valence-electron chi connectivity index (χ4n) is 1.72. The van der Waals surface area contributed by atoms with E-state index in [0.717, 1.165) is 26.2 Å². The Hall–Kier alpha value is 0.230. The van der Waals surface area contributed by atoms with Crippen molar-refractivity contribution >= 4 is 11.8 Å². The molecule has 90 valence electrons. The monoisotopic (exact) mass is 233 g/mol. The van der Waals surface area contributed by atoms with Crippen LogP contribution in [0.3, 0.4) is 0 Å². The zero-order chi connectivity index (χ0) is 10.9. The van der Waals surface area contributed by atoms with Crippen molar-refractivity contribution in [2.75, 3.05) is 37.8 Å². The number of rotatable bonds is 8. The van der Waals surface area contributed by atoms with E-state index < -0.39 is 0 Å². The summed E-state index contributed by atoms with van der Waals surface area (Å²) in [5.74, 6) is 2.76. The second kappa shape index (κ2) is 8.39. The highest BCUT2D eigenvalue weighted by molar-refractivity contribution is 7.99. The number of nitrogens with one attached hydrogen (secondary N) is 1. The lowest BCUT2D eigenvalue weighted by Crippen LogP contribution is -2.33. The molecule has 1 saturated heterocycles. The molecule has 3 nitrogen and oxygen atoms in total. The molecule has 2 atom stereocenters. The van der Waals surface area contributed by atoms with Crippen molar-refractivity contribution in [2.45, 2.75) is 25.9 Å². The Labute approximate surface area is 97.0 Å². The van der Waals surface area contributed by atoms with E-state index in [1.54, 1.807) is 0 Å². The van der Waals surface area contributed by atoms with E-state index in [9.17, 15) is 5.11 Å². The van der Waals surface area contributed by atoms with E-state index in [2.05, 4.69) is 12.2 Å². The third-order valence-corrected chi connectivity index (χ3v) is 3.69. The lowest BCUT2D eigenvalue weighted by Gasteiger charge is -2.16. The summed E-state index contributed by atoms with van der Waals surface area (Å²) in [5, 5.41) is 13.1. The molecule has 0 amide bonds. The van der Waals surface area contributed by atoms with Gasteiger partial charge >= 0.3 is 0 Å². The summed E-state index contributed by atoms with van der Waals surface area (Å²) in [6.45, 7) is 5.45. The lowest BCUT2D eigenvalue weighted by molar-refractivity contribution is 0.0911. The first-order valence-electron chi connectivity index (χ1n) is 5.89. The molecule has 1 aliphatic rings. The van der Waals surface area contributed by atoms with Crippen LogP contribution in [0.1, 0.15) is 19.8 Å². The molecule has 2 unspecified atom stereocenters. The Kier molecular flexibility index (Phi) is 7.44. The van der Waals surface area contributed by atoms with Crippen molar-refractivity contribution in [3.8, 4) is 0 Å². The summed E-state index contributed by atoms with van der Waals surface area (Å²) in [4.78, 5) is 0. The first-order chi connectivity index (χ1) is 7.34. The summed E-state index contributed by atoms with van der Waals surface area (Å²) < 4.78 is 5.25. The molecule has 4 heteroatoms. The largest absolute Gasteiger partial charge is 0.391 e. The predicted octanol–water partition coefficient (Wildman–Crippen LogP) is 1.12. The van der Waals surface area contributed by atoms with Crippen molar-refractivity contribution in [3.05, 3.63) is 0 Å². The first-order valence-corrected chi connectivity index (χ1v) is 7.04. The van der Waals surface area contributed by atoms with Gasteiger partial charge < -0.3 is 15.2 Å². The van der Waals surface area contributed by atoms with Crippen LogP contribution >= 0.6 is 11.8 Å². The minimum absolute atomic E-state index is 0.230. The first kappa shape index (κ1) is 13.3. The molecule has 0 aliphatic carbocycles. The molecule has 0 saturated carbocycles. The number of thioether (sulfide) groups is 1. The van der Waals surface area contributed by atoms with Gasteiger partial charge in [0, 0.05) is 19.1 Å². The normalized spacial score (nSPS) is 23.2. The highest BCUT2D eigenvalue weighted by atomic mass is 32.2.